The van der Waals surface area contributed by atoms with Crippen LogP contribution in [0, 0.1) is 0 Å². The molecule has 3 rings (SSSR count). The van der Waals surface area contributed by atoms with E-state index in [1.54, 1.807) is 11.3 Å². The van der Waals surface area contributed by atoms with Crippen molar-refractivity contribution >= 4 is 27.1 Å². The van der Waals surface area contributed by atoms with Crippen molar-refractivity contribution in [2.75, 3.05) is 18.0 Å². The standard InChI is InChI=1S/C15H17NOS/c17-15-12-7-3-4-8-14(12)18-11-13(15)16-9-5-1-2-6-10-16/h3-4,7-8,11H,1-2,5-6,9-10H2. The third-order valence-corrected chi connectivity index (χ3v) is 4.56. The topological polar surface area (TPSA) is 20.3 Å². The normalized spacial score (nSPS) is 16.8. The van der Waals surface area contributed by atoms with Crippen molar-refractivity contribution in [1.82, 2.24) is 0 Å². The monoisotopic (exact) mass is 259 g/mol. The van der Waals surface area contributed by atoms with Crippen molar-refractivity contribution in [3.8, 4) is 0 Å². The van der Waals surface area contributed by atoms with E-state index in [1.807, 2.05) is 29.6 Å². The minimum absolute atomic E-state index is 0.200. The van der Waals surface area contributed by atoms with Crippen LogP contribution in [0.4, 0.5) is 5.69 Å². The average Bonchev–Trinajstić information content (AvgIpc) is 2.68. The minimum Gasteiger partial charge on any atom is -0.368 e. The van der Waals surface area contributed by atoms with Crippen LogP contribution in [0.5, 0.6) is 0 Å². The third kappa shape index (κ3) is 2.15. The molecule has 0 spiro atoms. The fourth-order valence-electron chi connectivity index (χ4n) is 2.60. The van der Waals surface area contributed by atoms with Crippen LogP contribution in [0.3, 0.4) is 0 Å². The molecule has 1 aliphatic heterocycles. The Kier molecular flexibility index (Phi) is 3.33. The van der Waals surface area contributed by atoms with E-state index in [9.17, 15) is 4.79 Å². The number of rotatable bonds is 1. The maximum absolute atomic E-state index is 12.5. The zero-order valence-corrected chi connectivity index (χ0v) is 11.2. The van der Waals surface area contributed by atoms with E-state index in [1.165, 1.54) is 25.7 Å². The molecule has 1 fully saturated rings. The van der Waals surface area contributed by atoms with Crippen LogP contribution in [0.2, 0.25) is 0 Å². The second-order valence-corrected chi connectivity index (χ2v) is 5.76. The van der Waals surface area contributed by atoms with Gasteiger partial charge in [-0.3, -0.25) is 4.79 Å². The van der Waals surface area contributed by atoms with Gasteiger partial charge in [0, 0.05) is 28.6 Å². The van der Waals surface area contributed by atoms with Gasteiger partial charge in [0.15, 0.2) is 0 Å². The summed E-state index contributed by atoms with van der Waals surface area (Å²) in [5.41, 5.74) is 1.10. The van der Waals surface area contributed by atoms with Gasteiger partial charge in [0.1, 0.15) is 0 Å². The molecular weight excluding hydrogens is 242 g/mol. The molecule has 2 aromatic rings. The Morgan fingerprint density at radius 1 is 1.00 bits per heavy atom. The molecule has 0 aliphatic carbocycles. The van der Waals surface area contributed by atoms with Crippen molar-refractivity contribution in [3.05, 3.63) is 39.9 Å². The maximum atomic E-state index is 12.5. The molecule has 1 aromatic carbocycles. The van der Waals surface area contributed by atoms with E-state index < -0.39 is 0 Å². The molecular formula is C15H17NOS. The average molecular weight is 259 g/mol. The van der Waals surface area contributed by atoms with E-state index in [2.05, 4.69) is 4.90 Å². The molecule has 2 heterocycles. The summed E-state index contributed by atoms with van der Waals surface area (Å²) in [4.78, 5) is 14.8. The lowest BCUT2D eigenvalue weighted by Crippen LogP contribution is -2.28. The number of anilines is 1. The quantitative estimate of drug-likeness (QED) is 0.779. The molecule has 0 saturated carbocycles. The number of hydrogen-bond acceptors (Lipinski definition) is 3. The summed E-state index contributed by atoms with van der Waals surface area (Å²) >= 11 is 1.68. The van der Waals surface area contributed by atoms with Crippen molar-refractivity contribution in [2.45, 2.75) is 25.7 Å². The van der Waals surface area contributed by atoms with Gasteiger partial charge in [-0.05, 0) is 25.0 Å². The lowest BCUT2D eigenvalue weighted by molar-refractivity contribution is 0.726. The van der Waals surface area contributed by atoms with Crippen LogP contribution in [0.25, 0.3) is 10.1 Å². The maximum Gasteiger partial charge on any atom is 0.211 e. The lowest BCUT2D eigenvalue weighted by Gasteiger charge is -2.21. The molecule has 2 nitrogen and oxygen atoms in total. The van der Waals surface area contributed by atoms with Crippen LogP contribution in [0.15, 0.2) is 34.4 Å². The first-order chi connectivity index (χ1) is 8.86. The summed E-state index contributed by atoms with van der Waals surface area (Å²) in [7, 11) is 0. The largest absolute Gasteiger partial charge is 0.368 e. The minimum atomic E-state index is 0.200. The van der Waals surface area contributed by atoms with E-state index in [0.717, 1.165) is 28.9 Å². The van der Waals surface area contributed by atoms with Crippen LogP contribution < -0.4 is 10.3 Å². The number of hydrogen-bond donors (Lipinski definition) is 0. The van der Waals surface area contributed by atoms with E-state index in [-0.39, 0.29) is 5.43 Å². The van der Waals surface area contributed by atoms with Crippen molar-refractivity contribution in [1.29, 1.82) is 0 Å². The number of benzene rings is 1. The van der Waals surface area contributed by atoms with Gasteiger partial charge < -0.3 is 4.90 Å². The zero-order valence-electron chi connectivity index (χ0n) is 10.4. The van der Waals surface area contributed by atoms with Crippen molar-refractivity contribution in [2.24, 2.45) is 0 Å². The van der Waals surface area contributed by atoms with Gasteiger partial charge in [-0.15, -0.1) is 11.3 Å². The molecule has 0 radical (unpaired) electrons. The first-order valence-electron chi connectivity index (χ1n) is 6.62. The van der Waals surface area contributed by atoms with Gasteiger partial charge in [0.2, 0.25) is 5.43 Å². The van der Waals surface area contributed by atoms with E-state index in [4.69, 9.17) is 0 Å². The Morgan fingerprint density at radius 2 is 1.72 bits per heavy atom. The summed E-state index contributed by atoms with van der Waals surface area (Å²) in [6, 6.07) is 7.90. The molecule has 18 heavy (non-hydrogen) atoms. The zero-order chi connectivity index (χ0) is 12.4. The molecule has 3 heteroatoms. The molecule has 0 atom stereocenters. The van der Waals surface area contributed by atoms with Crippen LogP contribution >= 0.6 is 11.3 Å². The highest BCUT2D eigenvalue weighted by molar-refractivity contribution is 7.16. The SMILES string of the molecule is O=c1c(N2CCCCCC2)csc2ccccc12. The second-order valence-electron chi connectivity index (χ2n) is 4.85. The molecule has 1 aromatic heterocycles. The van der Waals surface area contributed by atoms with Gasteiger partial charge in [-0.25, -0.2) is 0 Å². The highest BCUT2D eigenvalue weighted by Crippen LogP contribution is 2.23. The summed E-state index contributed by atoms with van der Waals surface area (Å²) in [5, 5.41) is 2.90. The summed E-state index contributed by atoms with van der Waals surface area (Å²) in [6.07, 6.45) is 5.00. The predicted molar refractivity (Wildman–Crippen MR) is 78.8 cm³/mol. The fourth-order valence-corrected chi connectivity index (χ4v) is 3.54. The lowest BCUT2D eigenvalue weighted by atomic mass is 10.2. The second kappa shape index (κ2) is 5.11. The van der Waals surface area contributed by atoms with Crippen LogP contribution in [-0.2, 0) is 0 Å². The van der Waals surface area contributed by atoms with E-state index in [0.29, 0.717) is 0 Å². The molecule has 0 unspecified atom stereocenters. The van der Waals surface area contributed by atoms with Crippen molar-refractivity contribution in [3.63, 3.8) is 0 Å². The van der Waals surface area contributed by atoms with Gasteiger partial charge >= 0.3 is 0 Å². The Labute approximate surface area is 111 Å². The molecule has 94 valence electrons. The van der Waals surface area contributed by atoms with Crippen LogP contribution in [0.1, 0.15) is 25.7 Å². The highest BCUT2D eigenvalue weighted by atomic mass is 32.1. The third-order valence-electron chi connectivity index (χ3n) is 3.61. The summed E-state index contributed by atoms with van der Waals surface area (Å²) < 4.78 is 1.08. The number of fused-ring (bicyclic) bond motifs is 1. The summed E-state index contributed by atoms with van der Waals surface area (Å²) in [5.74, 6) is 0. The van der Waals surface area contributed by atoms with Crippen molar-refractivity contribution < 1.29 is 0 Å². The summed E-state index contributed by atoms with van der Waals surface area (Å²) in [6.45, 7) is 2.06. The van der Waals surface area contributed by atoms with Gasteiger partial charge in [-0.2, -0.15) is 0 Å². The fraction of sp³-hybridized carbons (Fsp3) is 0.400. The smallest absolute Gasteiger partial charge is 0.211 e. The molecule has 1 aliphatic rings. The first kappa shape index (κ1) is 11.7. The molecule has 0 amide bonds. The molecule has 0 N–H and O–H groups in total. The van der Waals surface area contributed by atoms with Gasteiger partial charge in [0.25, 0.3) is 0 Å². The molecule has 1 saturated heterocycles. The Hall–Kier alpha value is -1.35. The Balaban J connectivity index is 2.06. The van der Waals surface area contributed by atoms with E-state index >= 15 is 0 Å². The number of nitrogens with zero attached hydrogens (tertiary/aromatic N) is 1. The Bertz CT molecular complexity index is 597. The van der Waals surface area contributed by atoms with Gasteiger partial charge in [-0.1, -0.05) is 25.0 Å². The highest BCUT2D eigenvalue weighted by Gasteiger charge is 2.14. The predicted octanol–water partition coefficient (Wildman–Crippen LogP) is 3.64. The van der Waals surface area contributed by atoms with Crippen LogP contribution in [-0.4, -0.2) is 13.1 Å². The first-order valence-corrected chi connectivity index (χ1v) is 7.50. The van der Waals surface area contributed by atoms with Gasteiger partial charge in [0.05, 0.1) is 5.69 Å². The Morgan fingerprint density at radius 3 is 2.50 bits per heavy atom. The molecule has 0 bridgehead atoms.